The second-order valence-electron chi connectivity index (χ2n) is 8.31. The smallest absolute Gasteiger partial charge is 0.240 e. The van der Waals surface area contributed by atoms with Gasteiger partial charge in [-0.2, -0.15) is 0 Å². The predicted molar refractivity (Wildman–Crippen MR) is 136 cm³/mol. The third kappa shape index (κ3) is 4.07. The molecule has 0 aliphatic carbocycles. The van der Waals surface area contributed by atoms with E-state index >= 15 is 0 Å². The van der Waals surface area contributed by atoms with Crippen LogP contribution in [0.2, 0.25) is 0 Å². The summed E-state index contributed by atoms with van der Waals surface area (Å²) in [4.78, 5) is 15.3. The predicted octanol–water partition coefficient (Wildman–Crippen LogP) is 5.32. The molecule has 1 amide bonds. The number of methoxy groups -OCH3 is 1. The average molecular weight is 471 g/mol. The molecule has 2 heterocycles. The number of ether oxygens (including phenoxy) is 1. The summed E-state index contributed by atoms with van der Waals surface area (Å²) >= 11 is 1.43. The SMILES string of the molecule is COc1ccccc1-c1nnc(SC(C)C(=O)N2CCc3ccccc32)n1-c1ccc(C)cc1. The Bertz CT molecular complexity index is 1330. The van der Waals surface area contributed by atoms with Crippen molar-refractivity contribution in [2.24, 2.45) is 0 Å². The molecule has 172 valence electrons. The van der Waals surface area contributed by atoms with Gasteiger partial charge in [0.25, 0.3) is 0 Å². The fourth-order valence-electron chi connectivity index (χ4n) is 4.27. The maximum atomic E-state index is 13.4. The summed E-state index contributed by atoms with van der Waals surface area (Å²) in [6.45, 7) is 4.70. The molecule has 1 aliphatic rings. The Morgan fingerprint density at radius 1 is 1.00 bits per heavy atom. The third-order valence-electron chi connectivity index (χ3n) is 6.06. The van der Waals surface area contributed by atoms with E-state index in [1.807, 2.05) is 71.0 Å². The third-order valence-corrected chi connectivity index (χ3v) is 7.09. The number of rotatable bonds is 6. The van der Waals surface area contributed by atoms with E-state index in [2.05, 4.69) is 35.3 Å². The quantitative estimate of drug-likeness (QED) is 0.357. The molecule has 0 spiro atoms. The molecule has 0 saturated heterocycles. The number of hydrogen-bond donors (Lipinski definition) is 0. The maximum absolute atomic E-state index is 13.4. The van der Waals surface area contributed by atoms with Crippen LogP contribution >= 0.6 is 11.8 Å². The summed E-state index contributed by atoms with van der Waals surface area (Å²) in [6, 6.07) is 24.1. The van der Waals surface area contributed by atoms with Crippen LogP contribution in [0.1, 0.15) is 18.1 Å². The largest absolute Gasteiger partial charge is 0.496 e. The first-order chi connectivity index (χ1) is 16.6. The standard InChI is InChI=1S/C27H26N4O2S/c1-18-12-14-21(15-13-18)31-25(22-9-5-7-11-24(22)33-3)28-29-27(31)34-19(2)26(32)30-17-16-20-8-4-6-10-23(20)30/h4-15,19H,16-17H2,1-3H3. The van der Waals surface area contributed by atoms with Gasteiger partial charge in [-0.25, -0.2) is 0 Å². The second kappa shape index (κ2) is 9.35. The van der Waals surface area contributed by atoms with Gasteiger partial charge in [-0.15, -0.1) is 10.2 Å². The highest BCUT2D eigenvalue weighted by Crippen LogP contribution is 2.36. The van der Waals surface area contributed by atoms with Crippen LogP contribution in [0.4, 0.5) is 5.69 Å². The number of nitrogens with zero attached hydrogens (tertiary/aromatic N) is 4. The van der Waals surface area contributed by atoms with Crippen molar-refractivity contribution in [2.45, 2.75) is 30.7 Å². The lowest BCUT2D eigenvalue weighted by Crippen LogP contribution is -2.35. The number of anilines is 1. The molecule has 0 N–H and O–H groups in total. The number of fused-ring (bicyclic) bond motifs is 1. The molecule has 1 unspecified atom stereocenters. The molecule has 1 aromatic heterocycles. The average Bonchev–Trinajstić information content (AvgIpc) is 3.48. The number of carbonyl (C=O) groups is 1. The molecule has 0 fully saturated rings. The van der Waals surface area contributed by atoms with Crippen molar-refractivity contribution in [1.29, 1.82) is 0 Å². The fraction of sp³-hybridized carbons (Fsp3) is 0.222. The van der Waals surface area contributed by atoms with Gasteiger partial charge in [-0.05, 0) is 56.2 Å². The maximum Gasteiger partial charge on any atom is 0.240 e. The second-order valence-corrected chi connectivity index (χ2v) is 9.61. The number of amides is 1. The van der Waals surface area contributed by atoms with E-state index in [1.54, 1.807) is 7.11 Å². The monoisotopic (exact) mass is 470 g/mol. The number of aryl methyl sites for hydroxylation is 1. The van der Waals surface area contributed by atoms with E-state index in [0.717, 1.165) is 29.1 Å². The van der Waals surface area contributed by atoms with Crippen molar-refractivity contribution in [2.75, 3.05) is 18.6 Å². The lowest BCUT2D eigenvalue weighted by Gasteiger charge is -2.21. The Hall–Kier alpha value is -3.58. The minimum atomic E-state index is -0.329. The zero-order chi connectivity index (χ0) is 23.7. The normalized spacial score (nSPS) is 13.6. The lowest BCUT2D eigenvalue weighted by molar-refractivity contribution is -0.117. The summed E-state index contributed by atoms with van der Waals surface area (Å²) in [5.41, 5.74) is 5.17. The molecule has 6 nitrogen and oxygen atoms in total. The molecule has 7 heteroatoms. The summed E-state index contributed by atoms with van der Waals surface area (Å²) < 4.78 is 7.59. The molecular weight excluding hydrogens is 444 g/mol. The molecule has 1 atom stereocenters. The van der Waals surface area contributed by atoms with Crippen molar-refractivity contribution in [1.82, 2.24) is 14.8 Å². The van der Waals surface area contributed by atoms with Crippen LogP contribution in [0.15, 0.2) is 78.0 Å². The molecule has 0 bridgehead atoms. The van der Waals surface area contributed by atoms with Crippen molar-refractivity contribution in [3.05, 3.63) is 83.9 Å². The highest BCUT2D eigenvalue weighted by atomic mass is 32.2. The van der Waals surface area contributed by atoms with Crippen LogP contribution in [0.25, 0.3) is 17.1 Å². The van der Waals surface area contributed by atoms with Gasteiger partial charge >= 0.3 is 0 Å². The number of para-hydroxylation sites is 2. The van der Waals surface area contributed by atoms with Gasteiger partial charge in [0, 0.05) is 17.9 Å². The number of hydrogen-bond acceptors (Lipinski definition) is 5. The van der Waals surface area contributed by atoms with Gasteiger partial charge in [0.2, 0.25) is 5.91 Å². The first-order valence-electron chi connectivity index (χ1n) is 11.3. The van der Waals surface area contributed by atoms with E-state index < -0.39 is 0 Å². The first-order valence-corrected chi connectivity index (χ1v) is 12.2. The van der Waals surface area contributed by atoms with Gasteiger partial charge < -0.3 is 9.64 Å². The van der Waals surface area contributed by atoms with Gasteiger partial charge in [0.05, 0.1) is 17.9 Å². The van der Waals surface area contributed by atoms with Gasteiger partial charge in [0.15, 0.2) is 11.0 Å². The number of thioether (sulfide) groups is 1. The van der Waals surface area contributed by atoms with Crippen molar-refractivity contribution in [3.8, 4) is 22.8 Å². The molecule has 5 rings (SSSR count). The molecule has 3 aromatic carbocycles. The van der Waals surface area contributed by atoms with Gasteiger partial charge in [0.1, 0.15) is 5.75 Å². The van der Waals surface area contributed by atoms with E-state index in [4.69, 9.17) is 4.74 Å². The first kappa shape index (κ1) is 22.2. The lowest BCUT2D eigenvalue weighted by atomic mass is 10.1. The number of aromatic nitrogens is 3. The number of carbonyl (C=O) groups excluding carboxylic acids is 1. The summed E-state index contributed by atoms with van der Waals surface area (Å²) in [5.74, 6) is 1.47. The minimum absolute atomic E-state index is 0.0762. The molecular formula is C27H26N4O2S. The van der Waals surface area contributed by atoms with E-state index in [0.29, 0.717) is 17.5 Å². The Morgan fingerprint density at radius 3 is 2.53 bits per heavy atom. The van der Waals surface area contributed by atoms with Crippen molar-refractivity contribution >= 4 is 23.4 Å². The molecule has 4 aromatic rings. The van der Waals surface area contributed by atoms with E-state index in [1.165, 1.54) is 22.9 Å². The zero-order valence-corrected chi connectivity index (χ0v) is 20.2. The summed E-state index contributed by atoms with van der Waals surface area (Å²) in [6.07, 6.45) is 0.886. The van der Waals surface area contributed by atoms with Crippen LogP contribution in [-0.4, -0.2) is 39.6 Å². The van der Waals surface area contributed by atoms with Crippen molar-refractivity contribution in [3.63, 3.8) is 0 Å². The molecule has 1 aliphatic heterocycles. The number of benzene rings is 3. The Morgan fingerprint density at radius 2 is 1.74 bits per heavy atom. The van der Waals surface area contributed by atoms with Gasteiger partial charge in [-0.1, -0.05) is 59.8 Å². The van der Waals surface area contributed by atoms with Crippen LogP contribution in [-0.2, 0) is 11.2 Å². The highest BCUT2D eigenvalue weighted by molar-refractivity contribution is 8.00. The van der Waals surface area contributed by atoms with Crippen LogP contribution < -0.4 is 9.64 Å². The van der Waals surface area contributed by atoms with Crippen molar-refractivity contribution < 1.29 is 9.53 Å². The minimum Gasteiger partial charge on any atom is -0.496 e. The van der Waals surface area contributed by atoms with E-state index in [9.17, 15) is 4.79 Å². The highest BCUT2D eigenvalue weighted by Gasteiger charge is 2.30. The van der Waals surface area contributed by atoms with E-state index in [-0.39, 0.29) is 11.2 Å². The topological polar surface area (TPSA) is 60.3 Å². The molecule has 0 radical (unpaired) electrons. The van der Waals surface area contributed by atoms with Gasteiger partial charge in [-0.3, -0.25) is 9.36 Å². The Labute approximate surface area is 203 Å². The van der Waals surface area contributed by atoms with Crippen LogP contribution in [0, 0.1) is 6.92 Å². The Balaban J connectivity index is 1.51. The van der Waals surface area contributed by atoms with Crippen LogP contribution in [0.3, 0.4) is 0 Å². The summed E-state index contributed by atoms with van der Waals surface area (Å²) in [5, 5.41) is 9.37. The summed E-state index contributed by atoms with van der Waals surface area (Å²) in [7, 11) is 1.65. The molecule has 0 saturated carbocycles. The Kier molecular flexibility index (Phi) is 6.11. The zero-order valence-electron chi connectivity index (χ0n) is 19.4. The van der Waals surface area contributed by atoms with Crippen LogP contribution in [0.5, 0.6) is 5.75 Å². The molecule has 34 heavy (non-hydrogen) atoms. The fourth-order valence-corrected chi connectivity index (χ4v) is 5.20.